The van der Waals surface area contributed by atoms with Crippen molar-refractivity contribution in [1.29, 1.82) is 0 Å². The summed E-state index contributed by atoms with van der Waals surface area (Å²) in [5.41, 5.74) is 7.18. The normalized spacial score (nSPS) is 11.1. The number of thiazole rings is 1. The van der Waals surface area contributed by atoms with Crippen LogP contribution in [-0.2, 0) is 0 Å². The van der Waals surface area contributed by atoms with Gasteiger partial charge in [0.05, 0.1) is 15.9 Å². The number of hydrogen-bond acceptors (Lipinski definition) is 4. The molecule has 6 heteroatoms. The average Bonchev–Trinajstić information content (AvgIpc) is 2.86. The number of fused-ring (bicyclic) bond motifs is 1. The fourth-order valence-corrected chi connectivity index (χ4v) is 2.58. The second-order valence-electron chi connectivity index (χ2n) is 3.76. The Labute approximate surface area is 101 Å². The van der Waals surface area contributed by atoms with Crippen LogP contribution in [0.5, 0.6) is 0 Å². The Bertz CT molecular complexity index is 719. The predicted molar refractivity (Wildman–Crippen MR) is 68.7 cm³/mol. The van der Waals surface area contributed by atoms with E-state index in [1.165, 1.54) is 16.0 Å². The van der Waals surface area contributed by atoms with E-state index in [-0.39, 0.29) is 11.2 Å². The van der Waals surface area contributed by atoms with E-state index in [4.69, 9.17) is 5.73 Å². The monoisotopic (exact) mass is 246 g/mol. The van der Waals surface area contributed by atoms with Gasteiger partial charge < -0.3 is 5.73 Å². The third-order valence-electron chi connectivity index (χ3n) is 2.59. The lowest BCUT2D eigenvalue weighted by atomic mass is 10.3. The molecule has 0 saturated carbocycles. The number of anilines is 1. The molecule has 0 spiro atoms. The molecule has 0 atom stereocenters. The van der Waals surface area contributed by atoms with Gasteiger partial charge >= 0.3 is 0 Å². The number of para-hydroxylation sites is 1. The van der Waals surface area contributed by atoms with Crippen LogP contribution in [0.25, 0.3) is 15.3 Å². The molecule has 1 aromatic carbocycles. The molecule has 0 aliphatic carbocycles. The Morgan fingerprint density at radius 3 is 2.82 bits per heavy atom. The number of nitrogens with two attached hydrogens (primary N) is 1. The maximum absolute atomic E-state index is 11.8. The molecular formula is C11H10N4OS. The summed E-state index contributed by atoms with van der Waals surface area (Å²) < 4.78 is 2.43. The van der Waals surface area contributed by atoms with Crippen molar-refractivity contribution in [1.82, 2.24) is 14.8 Å². The van der Waals surface area contributed by atoms with Crippen molar-refractivity contribution >= 4 is 27.2 Å². The number of aromatic amines is 1. The molecule has 5 nitrogen and oxygen atoms in total. The van der Waals surface area contributed by atoms with E-state index in [0.29, 0.717) is 10.8 Å². The molecule has 0 fully saturated rings. The van der Waals surface area contributed by atoms with Crippen LogP contribution in [-0.4, -0.2) is 14.8 Å². The summed E-state index contributed by atoms with van der Waals surface area (Å²) in [5.74, 6) is 0. The molecule has 0 aliphatic heterocycles. The lowest BCUT2D eigenvalue weighted by Gasteiger charge is -1.92. The zero-order valence-electron chi connectivity index (χ0n) is 9.10. The highest BCUT2D eigenvalue weighted by molar-refractivity contribution is 7.20. The quantitative estimate of drug-likeness (QED) is 0.685. The Morgan fingerprint density at radius 2 is 2.18 bits per heavy atom. The van der Waals surface area contributed by atoms with Crippen LogP contribution < -0.4 is 11.3 Å². The molecule has 2 heterocycles. The second kappa shape index (κ2) is 3.46. The lowest BCUT2D eigenvalue weighted by Crippen LogP contribution is -2.16. The van der Waals surface area contributed by atoms with Gasteiger partial charge in [0.15, 0.2) is 0 Å². The summed E-state index contributed by atoms with van der Waals surface area (Å²) in [6.45, 7) is 1.76. The largest absolute Gasteiger partial charge is 0.393 e. The maximum Gasteiger partial charge on any atom is 0.296 e. The van der Waals surface area contributed by atoms with Gasteiger partial charge in [0.1, 0.15) is 5.69 Å². The Kier molecular flexibility index (Phi) is 2.05. The standard InChI is InChI=1S/C11H10N4OS/c1-6-9(12)10(16)15(14-6)11-13-7-4-2-3-5-8(7)17-11/h2-5,14H,12H2,1H3. The number of nitrogens with zero attached hydrogens (tertiary/aromatic N) is 2. The van der Waals surface area contributed by atoms with Crippen LogP contribution in [0.1, 0.15) is 5.69 Å². The van der Waals surface area contributed by atoms with Crippen molar-refractivity contribution in [3.05, 3.63) is 40.3 Å². The molecule has 3 rings (SSSR count). The lowest BCUT2D eigenvalue weighted by molar-refractivity contribution is 0.829. The SMILES string of the molecule is Cc1[nH]n(-c2nc3ccccc3s2)c(=O)c1N. The van der Waals surface area contributed by atoms with Crippen molar-refractivity contribution in [3.8, 4) is 5.13 Å². The van der Waals surface area contributed by atoms with Crippen LogP contribution in [0.15, 0.2) is 29.1 Å². The van der Waals surface area contributed by atoms with Crippen LogP contribution in [0.3, 0.4) is 0 Å². The number of aromatic nitrogens is 3. The third-order valence-corrected chi connectivity index (χ3v) is 3.61. The first-order chi connectivity index (χ1) is 8.16. The summed E-state index contributed by atoms with van der Waals surface area (Å²) in [5, 5.41) is 3.52. The van der Waals surface area contributed by atoms with E-state index in [0.717, 1.165) is 10.2 Å². The number of nitrogen functional groups attached to an aromatic ring is 1. The molecule has 0 bridgehead atoms. The van der Waals surface area contributed by atoms with E-state index in [1.54, 1.807) is 6.92 Å². The third kappa shape index (κ3) is 1.45. The van der Waals surface area contributed by atoms with Gasteiger partial charge in [-0.2, -0.15) is 4.68 Å². The van der Waals surface area contributed by atoms with E-state index < -0.39 is 0 Å². The van der Waals surface area contributed by atoms with Crippen molar-refractivity contribution in [2.24, 2.45) is 0 Å². The van der Waals surface area contributed by atoms with Gasteiger partial charge in [0.25, 0.3) is 5.56 Å². The minimum Gasteiger partial charge on any atom is -0.393 e. The van der Waals surface area contributed by atoms with Crippen LogP contribution >= 0.6 is 11.3 Å². The summed E-state index contributed by atoms with van der Waals surface area (Å²) in [7, 11) is 0. The van der Waals surface area contributed by atoms with Crippen molar-refractivity contribution in [2.45, 2.75) is 6.92 Å². The molecule has 3 aromatic rings. The van der Waals surface area contributed by atoms with Crippen molar-refractivity contribution < 1.29 is 0 Å². The summed E-state index contributed by atoms with van der Waals surface area (Å²) in [4.78, 5) is 16.2. The molecule has 0 unspecified atom stereocenters. The van der Waals surface area contributed by atoms with Gasteiger partial charge in [-0.15, -0.1) is 0 Å². The average molecular weight is 246 g/mol. The Balaban J connectivity index is 2.27. The number of benzene rings is 1. The highest BCUT2D eigenvalue weighted by Gasteiger charge is 2.12. The highest BCUT2D eigenvalue weighted by Crippen LogP contribution is 2.23. The Hall–Kier alpha value is -2.08. The fourth-order valence-electron chi connectivity index (χ4n) is 1.65. The van der Waals surface area contributed by atoms with Gasteiger partial charge in [0, 0.05) is 0 Å². The molecule has 3 N–H and O–H groups in total. The highest BCUT2D eigenvalue weighted by atomic mass is 32.1. The number of rotatable bonds is 1. The molecule has 86 valence electrons. The minimum absolute atomic E-state index is 0.240. The van der Waals surface area contributed by atoms with Gasteiger partial charge in [0.2, 0.25) is 5.13 Å². The van der Waals surface area contributed by atoms with Crippen molar-refractivity contribution in [3.63, 3.8) is 0 Å². The molecule has 2 aromatic heterocycles. The summed E-state index contributed by atoms with van der Waals surface area (Å²) >= 11 is 1.45. The van der Waals surface area contributed by atoms with Gasteiger partial charge in [-0.3, -0.25) is 9.89 Å². The Morgan fingerprint density at radius 1 is 1.41 bits per heavy atom. The minimum atomic E-state index is -0.249. The first-order valence-corrected chi connectivity index (χ1v) is 5.91. The van der Waals surface area contributed by atoms with Gasteiger partial charge in [-0.25, -0.2) is 4.98 Å². The number of H-pyrrole nitrogens is 1. The van der Waals surface area contributed by atoms with Crippen molar-refractivity contribution in [2.75, 3.05) is 5.73 Å². The predicted octanol–water partition coefficient (Wildman–Crippen LogP) is 1.67. The van der Waals surface area contributed by atoms with E-state index in [1.807, 2.05) is 24.3 Å². The van der Waals surface area contributed by atoms with E-state index in [9.17, 15) is 4.79 Å². The molecule has 0 radical (unpaired) electrons. The van der Waals surface area contributed by atoms with E-state index in [2.05, 4.69) is 10.1 Å². The zero-order chi connectivity index (χ0) is 12.0. The maximum atomic E-state index is 11.8. The van der Waals surface area contributed by atoms with Crippen LogP contribution in [0.4, 0.5) is 5.69 Å². The fraction of sp³-hybridized carbons (Fsp3) is 0.0909. The number of nitrogens with one attached hydrogen (secondary N) is 1. The molecule has 0 saturated heterocycles. The topological polar surface area (TPSA) is 76.7 Å². The van der Waals surface area contributed by atoms with Crippen LogP contribution in [0.2, 0.25) is 0 Å². The first-order valence-electron chi connectivity index (χ1n) is 5.10. The van der Waals surface area contributed by atoms with Crippen LogP contribution in [0, 0.1) is 6.92 Å². The molecular weight excluding hydrogens is 236 g/mol. The number of aryl methyl sites for hydroxylation is 1. The summed E-state index contributed by atoms with van der Waals surface area (Å²) in [6.07, 6.45) is 0. The number of hydrogen-bond donors (Lipinski definition) is 2. The molecule has 17 heavy (non-hydrogen) atoms. The second-order valence-corrected chi connectivity index (χ2v) is 4.76. The summed E-state index contributed by atoms with van der Waals surface area (Å²) in [6, 6.07) is 7.75. The van der Waals surface area contributed by atoms with Gasteiger partial charge in [-0.05, 0) is 19.1 Å². The molecule has 0 aliphatic rings. The van der Waals surface area contributed by atoms with E-state index >= 15 is 0 Å². The first kappa shape index (κ1) is 10.1. The molecule has 0 amide bonds. The zero-order valence-corrected chi connectivity index (χ0v) is 9.91. The smallest absolute Gasteiger partial charge is 0.296 e. The van der Waals surface area contributed by atoms with Gasteiger partial charge in [-0.1, -0.05) is 23.5 Å².